The second-order valence-corrected chi connectivity index (χ2v) is 8.77. The van der Waals surface area contributed by atoms with Crippen molar-refractivity contribution in [3.05, 3.63) is 70.3 Å². The number of carbonyl (C=O) groups is 1. The number of halogens is 1. The Balaban J connectivity index is 0.000000605. The monoisotopic (exact) mass is 469 g/mol. The minimum absolute atomic E-state index is 0.0675. The Hall–Kier alpha value is -2.36. The Morgan fingerprint density at radius 2 is 1.48 bits per heavy atom. The fourth-order valence-electron chi connectivity index (χ4n) is 3.70. The molecule has 0 unspecified atom stereocenters. The van der Waals surface area contributed by atoms with E-state index in [2.05, 4.69) is 36.2 Å². The number of aliphatic hydroxyl groups is 1. The normalized spacial score (nSPS) is 17.5. The van der Waals surface area contributed by atoms with Gasteiger partial charge in [-0.05, 0) is 69.7 Å². The number of carbonyl (C=O) groups excluding carboxylic acids is 1. The molecule has 0 spiro atoms. The molecule has 1 amide bonds. The van der Waals surface area contributed by atoms with Crippen molar-refractivity contribution in [1.82, 2.24) is 0 Å². The third kappa shape index (κ3) is 7.31. The van der Waals surface area contributed by atoms with Crippen LogP contribution in [0.4, 0.5) is 5.69 Å². The molecule has 0 aromatic heterocycles. The summed E-state index contributed by atoms with van der Waals surface area (Å²) in [4.78, 5) is 12.2. The molecule has 180 valence electrons. The number of hydrogen-bond acceptors (Lipinski definition) is 2. The molecule has 2 aliphatic rings. The Morgan fingerprint density at radius 3 is 1.94 bits per heavy atom. The van der Waals surface area contributed by atoms with Crippen molar-refractivity contribution in [3.63, 3.8) is 0 Å². The van der Waals surface area contributed by atoms with Gasteiger partial charge in [0.1, 0.15) is 0 Å². The first-order chi connectivity index (χ1) is 15.7. The van der Waals surface area contributed by atoms with Crippen molar-refractivity contribution in [2.75, 3.05) is 5.32 Å². The third-order valence-electron chi connectivity index (χ3n) is 5.16. The highest BCUT2D eigenvalue weighted by Gasteiger charge is 2.29. The zero-order valence-electron chi connectivity index (χ0n) is 21.5. The number of fused-ring (bicyclic) bond motifs is 1. The van der Waals surface area contributed by atoms with Crippen molar-refractivity contribution in [2.24, 2.45) is 0 Å². The van der Waals surface area contributed by atoms with Gasteiger partial charge in [-0.1, -0.05) is 74.7 Å². The first kappa shape index (κ1) is 28.7. The molecular weight excluding hydrogens is 430 g/mol. The van der Waals surface area contributed by atoms with Gasteiger partial charge in [-0.15, -0.1) is 6.58 Å². The highest BCUT2D eigenvalue weighted by atomic mass is 35.5. The number of amides is 1. The average molecular weight is 470 g/mol. The van der Waals surface area contributed by atoms with Gasteiger partial charge in [0, 0.05) is 16.7 Å². The van der Waals surface area contributed by atoms with E-state index >= 15 is 0 Å². The van der Waals surface area contributed by atoms with Crippen LogP contribution in [-0.4, -0.2) is 17.1 Å². The Bertz CT molecular complexity index is 975. The molecule has 0 radical (unpaired) electrons. The van der Waals surface area contributed by atoms with E-state index in [1.165, 1.54) is 11.1 Å². The van der Waals surface area contributed by atoms with E-state index in [0.717, 1.165) is 46.4 Å². The molecule has 3 nitrogen and oxygen atoms in total. The number of nitrogens with one attached hydrogen (secondary N) is 1. The molecule has 0 bridgehead atoms. The van der Waals surface area contributed by atoms with Crippen molar-refractivity contribution >= 4 is 28.8 Å². The Morgan fingerprint density at radius 1 is 0.970 bits per heavy atom. The summed E-state index contributed by atoms with van der Waals surface area (Å²) >= 11 is 6.48. The smallest absolute Gasteiger partial charge is 0.256 e. The fraction of sp³-hybridized carbons (Fsp3) is 0.414. The van der Waals surface area contributed by atoms with Crippen LogP contribution >= 0.6 is 11.6 Å². The van der Waals surface area contributed by atoms with Gasteiger partial charge < -0.3 is 10.4 Å². The number of rotatable bonds is 2. The maximum Gasteiger partial charge on any atom is 0.256 e. The summed E-state index contributed by atoms with van der Waals surface area (Å²) in [5.41, 5.74) is 7.79. The topological polar surface area (TPSA) is 49.3 Å². The predicted molar refractivity (Wildman–Crippen MR) is 145 cm³/mol. The van der Waals surface area contributed by atoms with Crippen molar-refractivity contribution in [3.8, 4) is 11.1 Å². The first-order valence-corrected chi connectivity index (χ1v) is 12.3. The van der Waals surface area contributed by atoms with Crippen LogP contribution < -0.4 is 5.32 Å². The number of allylic oxidation sites excluding steroid dienone is 2. The van der Waals surface area contributed by atoms with E-state index in [1.807, 2.05) is 67.5 Å². The molecule has 1 aliphatic heterocycles. The third-order valence-corrected chi connectivity index (χ3v) is 5.47. The van der Waals surface area contributed by atoms with E-state index in [9.17, 15) is 9.90 Å². The van der Waals surface area contributed by atoms with Crippen molar-refractivity contribution < 1.29 is 9.90 Å². The summed E-state index contributed by atoms with van der Waals surface area (Å²) in [6, 6.07) is 12.2. The largest absolute Gasteiger partial charge is 0.393 e. The second-order valence-electron chi connectivity index (χ2n) is 8.36. The van der Waals surface area contributed by atoms with Gasteiger partial charge in [0.2, 0.25) is 0 Å². The molecule has 0 atom stereocenters. The first-order valence-electron chi connectivity index (χ1n) is 11.9. The van der Waals surface area contributed by atoms with Crippen LogP contribution in [0.25, 0.3) is 16.7 Å². The maximum atomic E-state index is 12.2. The highest BCUT2D eigenvalue weighted by Crippen LogP contribution is 2.42. The van der Waals surface area contributed by atoms with E-state index < -0.39 is 0 Å². The molecule has 2 aromatic rings. The van der Waals surface area contributed by atoms with Crippen molar-refractivity contribution in [1.29, 1.82) is 0 Å². The zero-order chi connectivity index (χ0) is 25.3. The van der Waals surface area contributed by atoms with Gasteiger partial charge in [0.25, 0.3) is 5.91 Å². The Labute approximate surface area is 205 Å². The average Bonchev–Trinajstić information content (AvgIpc) is 3.08. The lowest BCUT2D eigenvalue weighted by Gasteiger charge is -2.31. The standard InChI is InChI=1S/C21H20ClNO2.C4H8.2C2H6/c1-11(2)20-17-9-16(18(22)10-19(17)23-21(20)25)13-5-3-12(4-6-13)14-7-15(24)8-14;1-4(2)3;2*1-2/h3-6,9-10,14-15,24H,7-8H2,1-2H3,(H,23,25);1H2,2-3H3;2*1-2H3. The molecule has 33 heavy (non-hydrogen) atoms. The molecular formula is C29H40ClNO2. The molecule has 1 aliphatic carbocycles. The second kappa shape index (κ2) is 13.4. The number of hydrogen-bond donors (Lipinski definition) is 2. The van der Waals surface area contributed by atoms with Crippen LogP contribution in [0.2, 0.25) is 5.02 Å². The lowest BCUT2D eigenvalue weighted by atomic mass is 9.77. The quantitative estimate of drug-likeness (QED) is 0.341. The van der Waals surface area contributed by atoms with Gasteiger partial charge >= 0.3 is 0 Å². The van der Waals surface area contributed by atoms with E-state index in [1.54, 1.807) is 0 Å². The number of benzene rings is 2. The molecule has 4 heteroatoms. The molecule has 2 N–H and O–H groups in total. The molecule has 4 rings (SSSR count). The molecule has 1 saturated carbocycles. The van der Waals surface area contributed by atoms with Gasteiger partial charge in [0.15, 0.2) is 0 Å². The number of anilines is 1. The van der Waals surface area contributed by atoms with Gasteiger partial charge in [0.05, 0.1) is 16.8 Å². The van der Waals surface area contributed by atoms with Crippen LogP contribution in [-0.2, 0) is 4.79 Å². The van der Waals surface area contributed by atoms with Crippen LogP contribution in [0.3, 0.4) is 0 Å². The summed E-state index contributed by atoms with van der Waals surface area (Å²) in [7, 11) is 0. The lowest BCUT2D eigenvalue weighted by molar-refractivity contribution is -0.110. The maximum absolute atomic E-state index is 12.2. The summed E-state index contributed by atoms with van der Waals surface area (Å²) in [5, 5.41) is 13.0. The van der Waals surface area contributed by atoms with Gasteiger partial charge in [-0.3, -0.25) is 4.79 Å². The summed E-state index contributed by atoms with van der Waals surface area (Å²) in [6.07, 6.45) is 1.54. The van der Waals surface area contributed by atoms with Crippen LogP contribution in [0.5, 0.6) is 0 Å². The lowest BCUT2D eigenvalue weighted by Crippen LogP contribution is -2.26. The zero-order valence-corrected chi connectivity index (χ0v) is 22.2. The molecule has 1 heterocycles. The van der Waals surface area contributed by atoms with Crippen LogP contribution in [0.1, 0.15) is 85.3 Å². The highest BCUT2D eigenvalue weighted by molar-refractivity contribution is 6.36. The summed E-state index contributed by atoms with van der Waals surface area (Å²) in [5.74, 6) is 0.390. The molecule has 0 saturated heterocycles. The van der Waals surface area contributed by atoms with Crippen LogP contribution in [0.15, 0.2) is 54.1 Å². The molecule has 1 fully saturated rings. The molecule has 2 aromatic carbocycles. The number of aliphatic hydroxyl groups excluding tert-OH is 1. The Kier molecular flexibility index (Phi) is 11.6. The van der Waals surface area contributed by atoms with Crippen molar-refractivity contribution in [2.45, 2.75) is 80.3 Å². The van der Waals surface area contributed by atoms with E-state index in [0.29, 0.717) is 10.9 Å². The van der Waals surface area contributed by atoms with Crippen LogP contribution in [0, 0.1) is 0 Å². The van der Waals surface area contributed by atoms with E-state index in [-0.39, 0.29) is 12.0 Å². The van der Waals surface area contributed by atoms with Gasteiger partial charge in [-0.2, -0.15) is 0 Å². The SMILES string of the molecule is C=C(C)C.CC.CC.CC(C)=C1C(=O)Nc2cc(Cl)c(-c3ccc(C4CC(O)C4)cc3)cc21. The summed E-state index contributed by atoms with van der Waals surface area (Å²) < 4.78 is 0. The van der Waals surface area contributed by atoms with Gasteiger partial charge in [-0.25, -0.2) is 0 Å². The summed E-state index contributed by atoms with van der Waals surface area (Å²) in [6.45, 7) is 19.4. The van der Waals surface area contributed by atoms with E-state index in [4.69, 9.17) is 11.6 Å². The minimum Gasteiger partial charge on any atom is -0.393 e. The minimum atomic E-state index is -0.150. The predicted octanol–water partition coefficient (Wildman–Crippen LogP) is 8.63. The fourth-order valence-corrected chi connectivity index (χ4v) is 3.98.